The summed E-state index contributed by atoms with van der Waals surface area (Å²) in [5, 5.41) is 2.89. The van der Waals surface area contributed by atoms with Gasteiger partial charge >= 0.3 is 0 Å². The highest BCUT2D eigenvalue weighted by molar-refractivity contribution is 7.80. The van der Waals surface area contributed by atoms with Crippen molar-refractivity contribution in [1.29, 1.82) is 0 Å². The van der Waals surface area contributed by atoms with E-state index >= 15 is 0 Å². The van der Waals surface area contributed by atoms with E-state index in [9.17, 15) is 4.79 Å². The molecule has 0 saturated carbocycles. The zero-order valence-electron chi connectivity index (χ0n) is 12.2. The predicted molar refractivity (Wildman–Crippen MR) is 88.0 cm³/mol. The van der Waals surface area contributed by atoms with Crippen LogP contribution in [0.25, 0.3) is 0 Å². The Kier molecular flexibility index (Phi) is 7.18. The molecule has 0 aliphatic carbocycles. The summed E-state index contributed by atoms with van der Waals surface area (Å²) in [6, 6.07) is 7.26. The Balaban J connectivity index is 2.54. The smallest absolute Gasteiger partial charge is 0.238 e. The summed E-state index contributed by atoms with van der Waals surface area (Å²) in [7, 11) is 0. The summed E-state index contributed by atoms with van der Waals surface area (Å²) < 4.78 is 0. The molecule has 0 spiro atoms. The second-order valence-corrected chi connectivity index (χ2v) is 5.21. The lowest BCUT2D eigenvalue weighted by Crippen LogP contribution is -2.34. The van der Waals surface area contributed by atoms with Crippen molar-refractivity contribution in [3.8, 4) is 0 Å². The van der Waals surface area contributed by atoms with Gasteiger partial charge in [-0.25, -0.2) is 0 Å². The second kappa shape index (κ2) is 8.66. The van der Waals surface area contributed by atoms with Crippen molar-refractivity contribution in [2.75, 3.05) is 25.0 Å². The van der Waals surface area contributed by atoms with E-state index in [0.29, 0.717) is 11.5 Å². The monoisotopic (exact) mass is 293 g/mol. The summed E-state index contributed by atoms with van der Waals surface area (Å²) in [5.41, 5.74) is 7.10. The molecule has 0 fully saturated rings. The fraction of sp³-hybridized carbons (Fsp3) is 0.467. The first-order valence-corrected chi connectivity index (χ1v) is 7.39. The van der Waals surface area contributed by atoms with E-state index < -0.39 is 0 Å². The Morgan fingerprint density at radius 3 is 2.20 bits per heavy atom. The van der Waals surface area contributed by atoms with Gasteiger partial charge in [-0.3, -0.25) is 9.69 Å². The van der Waals surface area contributed by atoms with Crippen molar-refractivity contribution in [3.63, 3.8) is 0 Å². The maximum absolute atomic E-state index is 12.0. The van der Waals surface area contributed by atoms with Crippen LogP contribution < -0.4 is 11.1 Å². The first-order valence-electron chi connectivity index (χ1n) is 6.98. The van der Waals surface area contributed by atoms with Crippen LogP contribution in [0.2, 0.25) is 0 Å². The number of nitrogens with one attached hydrogen (secondary N) is 1. The Morgan fingerprint density at radius 1 is 1.20 bits per heavy atom. The van der Waals surface area contributed by atoms with Crippen LogP contribution in [-0.4, -0.2) is 35.4 Å². The molecule has 0 aliphatic heterocycles. The van der Waals surface area contributed by atoms with Crippen LogP contribution in [0.3, 0.4) is 0 Å². The predicted octanol–water partition coefficient (Wildman–Crippen LogP) is 2.38. The minimum atomic E-state index is 0.00924. The van der Waals surface area contributed by atoms with Crippen LogP contribution in [0.5, 0.6) is 0 Å². The third kappa shape index (κ3) is 5.67. The van der Waals surface area contributed by atoms with Gasteiger partial charge in [-0.15, -0.1) is 0 Å². The molecule has 0 saturated heterocycles. The molecule has 110 valence electrons. The molecular formula is C15H23N3OS. The summed E-state index contributed by atoms with van der Waals surface area (Å²) in [6.07, 6.45) is 2.10. The van der Waals surface area contributed by atoms with E-state index in [1.165, 1.54) is 0 Å². The maximum Gasteiger partial charge on any atom is 0.238 e. The fourth-order valence-electron chi connectivity index (χ4n) is 2.02. The van der Waals surface area contributed by atoms with Gasteiger partial charge in [-0.2, -0.15) is 0 Å². The van der Waals surface area contributed by atoms with Gasteiger partial charge in [-0.1, -0.05) is 26.1 Å². The molecule has 0 bridgehead atoms. The Morgan fingerprint density at radius 2 is 1.75 bits per heavy atom. The molecule has 0 heterocycles. The molecule has 0 unspecified atom stereocenters. The molecule has 1 amide bonds. The second-order valence-electron chi connectivity index (χ2n) is 4.77. The number of hydrogen-bond donors (Lipinski definition) is 2. The highest BCUT2D eigenvalue weighted by Gasteiger charge is 2.09. The Hall–Kier alpha value is -1.46. The summed E-state index contributed by atoms with van der Waals surface area (Å²) in [4.78, 5) is 14.5. The van der Waals surface area contributed by atoms with Crippen LogP contribution in [-0.2, 0) is 4.79 Å². The van der Waals surface area contributed by atoms with Crippen LogP contribution in [0.4, 0.5) is 5.69 Å². The van der Waals surface area contributed by atoms with Gasteiger partial charge in [0.25, 0.3) is 0 Å². The van der Waals surface area contributed by atoms with Gasteiger partial charge in [0, 0.05) is 11.3 Å². The van der Waals surface area contributed by atoms with Crippen molar-refractivity contribution >= 4 is 28.8 Å². The lowest BCUT2D eigenvalue weighted by molar-refractivity contribution is -0.117. The van der Waals surface area contributed by atoms with Crippen molar-refractivity contribution in [2.45, 2.75) is 26.7 Å². The van der Waals surface area contributed by atoms with Gasteiger partial charge in [0.1, 0.15) is 4.99 Å². The zero-order chi connectivity index (χ0) is 15.0. The molecule has 1 aromatic rings. The number of carbonyl (C=O) groups excluding carboxylic acids is 1. The van der Waals surface area contributed by atoms with Gasteiger partial charge in [0.15, 0.2) is 0 Å². The molecule has 3 N–H and O–H groups in total. The largest absolute Gasteiger partial charge is 0.389 e. The summed E-state index contributed by atoms with van der Waals surface area (Å²) >= 11 is 4.89. The van der Waals surface area contributed by atoms with Gasteiger partial charge in [0.05, 0.1) is 6.54 Å². The molecule has 1 rings (SSSR count). The molecular weight excluding hydrogens is 270 g/mol. The van der Waals surface area contributed by atoms with Gasteiger partial charge in [-0.05, 0) is 50.2 Å². The lowest BCUT2D eigenvalue weighted by atomic mass is 10.2. The van der Waals surface area contributed by atoms with Crippen molar-refractivity contribution in [1.82, 2.24) is 4.90 Å². The standard InChI is InChI=1S/C15H23N3OS/c1-3-9-18(10-4-2)11-14(19)17-13-7-5-12(6-8-13)15(16)20/h5-8H,3-4,9-11H2,1-2H3,(H2,16,20)(H,17,19). The van der Waals surface area contributed by atoms with E-state index in [0.717, 1.165) is 37.2 Å². The van der Waals surface area contributed by atoms with Crippen LogP contribution >= 0.6 is 12.2 Å². The fourth-order valence-corrected chi connectivity index (χ4v) is 2.16. The Bertz CT molecular complexity index is 439. The number of carbonyl (C=O) groups is 1. The molecule has 20 heavy (non-hydrogen) atoms. The zero-order valence-corrected chi connectivity index (χ0v) is 13.0. The third-order valence-corrected chi connectivity index (χ3v) is 3.14. The number of nitrogens with two attached hydrogens (primary N) is 1. The van der Waals surface area contributed by atoms with Crippen LogP contribution in [0, 0.1) is 0 Å². The summed E-state index contributed by atoms with van der Waals surface area (Å²) in [5.74, 6) is 0.00924. The SMILES string of the molecule is CCCN(CCC)CC(=O)Nc1ccc(C(N)=S)cc1. The highest BCUT2D eigenvalue weighted by Crippen LogP contribution is 2.09. The van der Waals surface area contributed by atoms with E-state index in [-0.39, 0.29) is 5.91 Å². The lowest BCUT2D eigenvalue weighted by Gasteiger charge is -2.20. The minimum absolute atomic E-state index is 0.00924. The molecule has 0 radical (unpaired) electrons. The number of anilines is 1. The van der Waals surface area contributed by atoms with Crippen LogP contribution in [0.1, 0.15) is 32.3 Å². The molecule has 4 nitrogen and oxygen atoms in total. The Labute approximate surface area is 126 Å². The average Bonchev–Trinajstić information content (AvgIpc) is 2.39. The molecule has 0 aromatic heterocycles. The highest BCUT2D eigenvalue weighted by atomic mass is 32.1. The third-order valence-electron chi connectivity index (χ3n) is 2.90. The quantitative estimate of drug-likeness (QED) is 0.723. The number of hydrogen-bond acceptors (Lipinski definition) is 3. The molecule has 0 atom stereocenters. The van der Waals surface area contributed by atoms with Crippen molar-refractivity contribution < 1.29 is 4.79 Å². The number of rotatable bonds is 8. The van der Waals surface area contributed by atoms with E-state index in [2.05, 4.69) is 24.1 Å². The van der Waals surface area contributed by atoms with Crippen LogP contribution in [0.15, 0.2) is 24.3 Å². The number of amides is 1. The molecule has 5 heteroatoms. The average molecular weight is 293 g/mol. The first kappa shape index (κ1) is 16.6. The molecule has 0 aliphatic rings. The molecule has 1 aromatic carbocycles. The van der Waals surface area contributed by atoms with Gasteiger partial charge in [0.2, 0.25) is 5.91 Å². The maximum atomic E-state index is 12.0. The summed E-state index contributed by atoms with van der Waals surface area (Å²) in [6.45, 7) is 6.56. The number of thiocarbonyl (C=S) groups is 1. The normalized spacial score (nSPS) is 10.6. The first-order chi connectivity index (χ1) is 9.56. The van der Waals surface area contributed by atoms with E-state index in [4.69, 9.17) is 18.0 Å². The number of nitrogens with zero attached hydrogens (tertiary/aromatic N) is 1. The van der Waals surface area contributed by atoms with E-state index in [1.807, 2.05) is 24.3 Å². The minimum Gasteiger partial charge on any atom is -0.389 e. The topological polar surface area (TPSA) is 58.4 Å². The number of benzene rings is 1. The van der Waals surface area contributed by atoms with Crippen molar-refractivity contribution in [2.24, 2.45) is 5.73 Å². The van der Waals surface area contributed by atoms with Crippen molar-refractivity contribution in [3.05, 3.63) is 29.8 Å². The van der Waals surface area contributed by atoms with Gasteiger partial charge < -0.3 is 11.1 Å². The van der Waals surface area contributed by atoms with E-state index in [1.54, 1.807) is 0 Å².